The van der Waals surface area contributed by atoms with Crippen molar-refractivity contribution in [2.75, 3.05) is 54.3 Å². The van der Waals surface area contributed by atoms with E-state index in [9.17, 15) is 0 Å². The molecule has 0 bridgehead atoms. The van der Waals surface area contributed by atoms with Crippen LogP contribution in [0.2, 0.25) is 0 Å². The third-order valence-corrected chi connectivity index (χ3v) is 35.6. The average Bonchev–Trinajstić information content (AvgIpc) is 1.50. The van der Waals surface area contributed by atoms with Crippen LogP contribution in [0.15, 0.2) is 182 Å². The maximum Gasteiger partial charge on any atom is 0.208 e. The van der Waals surface area contributed by atoms with Gasteiger partial charge in [-0.2, -0.15) is 0 Å². The molecule has 6 aliphatic heterocycles. The van der Waals surface area contributed by atoms with E-state index in [1.807, 2.05) is 35.5 Å². The molecule has 6 heterocycles. The summed E-state index contributed by atoms with van der Waals surface area (Å²) in [6.07, 6.45) is 7.46. The Labute approximate surface area is 582 Å². The van der Waals surface area contributed by atoms with Gasteiger partial charge in [-0.05, 0) is 71.4 Å². The molecule has 90 heavy (non-hydrogen) atoms. The number of hydrogen-bond acceptors (Lipinski definition) is 17. The van der Waals surface area contributed by atoms with E-state index in [4.69, 9.17) is 25.8 Å². The third-order valence-electron chi connectivity index (χ3n) is 18.5. The predicted octanol–water partition coefficient (Wildman–Crippen LogP) is 18.8. The van der Waals surface area contributed by atoms with Gasteiger partial charge in [0.05, 0.1) is 35.9 Å². The van der Waals surface area contributed by atoms with Gasteiger partial charge in [-0.25, -0.2) is 0 Å². The second-order valence-corrected chi connectivity index (χ2v) is 39.5. The third kappa shape index (κ3) is 15.6. The average molecular weight is 1390 g/mol. The lowest BCUT2D eigenvalue weighted by Crippen LogP contribution is -2.70. The van der Waals surface area contributed by atoms with Crippen LogP contribution < -0.4 is 21.1 Å². The van der Waals surface area contributed by atoms with Gasteiger partial charge in [0.1, 0.15) is 12.6 Å². The minimum atomic E-state index is -0.785. The van der Waals surface area contributed by atoms with Gasteiger partial charge in [0.15, 0.2) is 4.20 Å². The van der Waals surface area contributed by atoms with Crippen LogP contribution in [0.25, 0.3) is 0 Å². The van der Waals surface area contributed by atoms with Gasteiger partial charge < -0.3 is 15.2 Å². The number of hydrogen-bond donors (Lipinski definition) is 4. The van der Waals surface area contributed by atoms with Crippen LogP contribution in [0, 0.1) is 11.8 Å². The van der Waals surface area contributed by atoms with Crippen LogP contribution in [0.4, 0.5) is 0 Å². The van der Waals surface area contributed by atoms with Crippen molar-refractivity contribution in [1.82, 2.24) is 20.3 Å². The standard InChI is InChI=1S/C73H93N5O2S10/c1-6-7-39-65(70(74)82-49-61(87-70)56-31-18-10-19-32-56)77-90-64(59-37-24-13-25-38-59)48-81-68(44-52(2)3)76-71(85-50-62(88-71)57-33-20-11-21-34-57)66(45-54-27-14-8-15-28-54)75-72(83-46-60(47-84-72)55-29-16-9-17-30-55)67-40-26-41-78(67)73(69(53(4)5)79-42-43-80-69)86-51-63(89-73)58-35-22-12-23-36-58/h8-25,27-38,52-53,60-68,75-77H,6-7,26,39-51,74H2,1-5H3/t60?,61?,62?,63?,64?,65-,66+,67-,68+,70+,71-,72?,73+/m0/s1. The molecule has 0 radical (unpaired) electrons. The van der Waals surface area contributed by atoms with E-state index >= 15 is 0 Å². The van der Waals surface area contributed by atoms with Crippen LogP contribution >= 0.6 is 118 Å². The molecule has 17 heteroatoms. The van der Waals surface area contributed by atoms with Crippen LogP contribution in [0.1, 0.15) is 133 Å². The summed E-state index contributed by atoms with van der Waals surface area (Å²) in [4.78, 5) is 2.96. The number of benzene rings is 6. The highest BCUT2D eigenvalue weighted by molar-refractivity contribution is 8.22. The summed E-state index contributed by atoms with van der Waals surface area (Å²) in [5, 5.41) is 11.0. The van der Waals surface area contributed by atoms with Crippen LogP contribution in [0.3, 0.4) is 0 Å². The number of thioether (sulfide) groups is 9. The lowest BCUT2D eigenvalue weighted by atomic mass is 10.00. The Hall–Kier alpha value is -1.46. The Morgan fingerprint density at radius 2 is 1.14 bits per heavy atom. The normalized spacial score (nSPS) is 30.1. The van der Waals surface area contributed by atoms with Gasteiger partial charge in [0.25, 0.3) is 0 Å². The van der Waals surface area contributed by atoms with Crippen molar-refractivity contribution in [1.29, 1.82) is 0 Å². The molecule has 5 N–H and O–H groups in total. The van der Waals surface area contributed by atoms with Crippen molar-refractivity contribution in [3.8, 4) is 0 Å². The van der Waals surface area contributed by atoms with E-state index in [1.165, 1.54) is 33.4 Å². The fourth-order valence-electron chi connectivity index (χ4n) is 13.8. The lowest BCUT2D eigenvalue weighted by Gasteiger charge is -2.57. The van der Waals surface area contributed by atoms with Crippen molar-refractivity contribution in [3.63, 3.8) is 0 Å². The van der Waals surface area contributed by atoms with Gasteiger partial charge in [0.2, 0.25) is 5.79 Å². The Morgan fingerprint density at radius 3 is 1.73 bits per heavy atom. The molecule has 6 fully saturated rings. The molecule has 6 saturated heterocycles. The molecule has 0 amide bonds. The van der Waals surface area contributed by atoms with Crippen LogP contribution in [-0.2, 0) is 15.9 Å². The number of nitrogens with two attached hydrogens (primary N) is 1. The summed E-state index contributed by atoms with van der Waals surface area (Å²) in [6.45, 7) is 14.1. The quantitative estimate of drug-likeness (QED) is 0.0278. The van der Waals surface area contributed by atoms with Crippen molar-refractivity contribution in [3.05, 3.63) is 215 Å². The van der Waals surface area contributed by atoms with E-state index in [2.05, 4.69) is 309 Å². The topological polar surface area (TPSA) is 83.8 Å². The maximum absolute atomic E-state index is 7.59. The molecule has 7 nitrogen and oxygen atoms in total. The number of rotatable bonds is 28. The SMILES string of the molecule is CCCC[C@H](NSC(CS[C@H](CC(C)C)N[C@@]1([C@@H](Cc2ccccc2)NC2([C@@H]3CCCN3[C@]3(C4(C(C)C)OCCO4)SCC(c4ccccc4)S3)SCC(c3ccccc3)CS2)SCC(c2ccccc2)S1)c1ccccc1)[C@@]1(N)SCC(c2ccccc2)S1. The largest absolute Gasteiger partial charge is 0.344 e. The molecule has 12 rings (SSSR count). The molecule has 0 spiro atoms. The first kappa shape index (κ1) is 68.5. The first-order chi connectivity index (χ1) is 43.9. The van der Waals surface area contributed by atoms with Crippen molar-refractivity contribution >= 4 is 118 Å². The Kier molecular flexibility index (Phi) is 24.2. The van der Waals surface area contributed by atoms with Gasteiger partial charge in [0, 0.05) is 74.7 Å². The second kappa shape index (κ2) is 31.8. The van der Waals surface area contributed by atoms with E-state index in [1.54, 1.807) is 0 Å². The molecule has 6 aromatic carbocycles. The maximum atomic E-state index is 7.59. The molecular formula is C73H93N5O2S10. The fraction of sp³-hybridized carbons (Fsp3) is 0.507. The molecule has 6 aromatic rings. The molecule has 0 aromatic heterocycles. The van der Waals surface area contributed by atoms with E-state index < -0.39 is 18.4 Å². The van der Waals surface area contributed by atoms with E-state index in [-0.39, 0.29) is 38.9 Å². The van der Waals surface area contributed by atoms with E-state index in [0.717, 1.165) is 86.0 Å². The zero-order chi connectivity index (χ0) is 62.0. The number of nitrogens with one attached hydrogen (secondary N) is 3. The molecular weight excluding hydrogens is 1300 g/mol. The second-order valence-electron chi connectivity index (χ2n) is 25.5. The van der Waals surface area contributed by atoms with E-state index in [0.29, 0.717) is 40.8 Å². The lowest BCUT2D eigenvalue weighted by molar-refractivity contribution is -0.219. The summed E-state index contributed by atoms with van der Waals surface area (Å²) >= 11 is 21.0. The minimum Gasteiger partial charge on any atom is -0.344 e. The van der Waals surface area contributed by atoms with Crippen LogP contribution in [0.5, 0.6) is 0 Å². The zero-order valence-electron chi connectivity index (χ0n) is 52.9. The van der Waals surface area contributed by atoms with Crippen molar-refractivity contribution in [2.45, 2.75) is 153 Å². The van der Waals surface area contributed by atoms with Gasteiger partial charge in [-0.15, -0.1) is 106 Å². The molecule has 0 aliphatic carbocycles. The number of unbranched alkanes of at least 4 members (excludes halogenated alkanes) is 1. The molecule has 6 aliphatic rings. The van der Waals surface area contributed by atoms with Gasteiger partial charge >= 0.3 is 0 Å². The number of ether oxygens (including phenoxy) is 2. The highest BCUT2D eigenvalue weighted by atomic mass is 32.2. The highest BCUT2D eigenvalue weighted by Gasteiger charge is 2.69. The number of likely N-dealkylation sites (tertiary alicyclic amines) is 1. The first-order valence-corrected chi connectivity index (χ1v) is 42.4. The summed E-state index contributed by atoms with van der Waals surface area (Å²) in [6, 6.07) is 68.2. The molecule has 4 unspecified atom stereocenters. The monoisotopic (exact) mass is 1390 g/mol. The van der Waals surface area contributed by atoms with Crippen molar-refractivity contribution < 1.29 is 9.47 Å². The Bertz CT molecular complexity index is 3120. The Morgan fingerprint density at radius 1 is 0.600 bits per heavy atom. The summed E-state index contributed by atoms with van der Waals surface area (Å²) < 4.78 is 16.8. The first-order valence-electron chi connectivity index (χ1n) is 32.9. The van der Waals surface area contributed by atoms with Gasteiger partial charge in [-0.3, -0.25) is 20.3 Å². The smallest absolute Gasteiger partial charge is 0.208 e. The highest BCUT2D eigenvalue weighted by Crippen LogP contribution is 2.68. The Balaban J connectivity index is 0.910. The molecule has 482 valence electrons. The number of nitrogens with zero attached hydrogens (tertiary/aromatic N) is 1. The van der Waals surface area contributed by atoms with Crippen molar-refractivity contribution in [2.24, 2.45) is 17.6 Å². The molecule has 0 saturated carbocycles. The van der Waals surface area contributed by atoms with Crippen LogP contribution in [-0.4, -0.2) is 105 Å². The summed E-state index contributed by atoms with van der Waals surface area (Å²) in [7, 11) is 0. The fourth-order valence-corrected chi connectivity index (χ4v) is 32.1. The minimum absolute atomic E-state index is 0.0201. The predicted molar refractivity (Wildman–Crippen MR) is 405 cm³/mol. The zero-order valence-corrected chi connectivity index (χ0v) is 61.1. The summed E-state index contributed by atoms with van der Waals surface area (Å²) in [5.74, 6) is 6.32. The summed E-state index contributed by atoms with van der Waals surface area (Å²) in [5.41, 5.74) is 15.9. The van der Waals surface area contributed by atoms with Gasteiger partial charge in [-0.1, -0.05) is 241 Å². The molecule has 11 atom stereocenters.